The van der Waals surface area contributed by atoms with E-state index in [9.17, 15) is 0 Å². The summed E-state index contributed by atoms with van der Waals surface area (Å²) in [6, 6.07) is 18.2. The van der Waals surface area contributed by atoms with Crippen molar-refractivity contribution in [1.29, 1.82) is 0 Å². The van der Waals surface area contributed by atoms with E-state index in [1.165, 1.54) is 6.33 Å². The summed E-state index contributed by atoms with van der Waals surface area (Å²) in [5.74, 6) is 4.13. The summed E-state index contributed by atoms with van der Waals surface area (Å²) in [4.78, 5) is 36.4. The number of hydrogen-bond acceptors (Lipinski definition) is 21. The fourth-order valence-electron chi connectivity index (χ4n) is 10.1. The van der Waals surface area contributed by atoms with Crippen molar-refractivity contribution in [3.8, 4) is 51.4 Å². The van der Waals surface area contributed by atoms with Crippen molar-refractivity contribution < 1.29 is 14.2 Å². The van der Waals surface area contributed by atoms with Crippen LogP contribution in [0.3, 0.4) is 0 Å². The lowest BCUT2D eigenvalue weighted by Gasteiger charge is -2.15. The molecule has 4 N–H and O–H groups in total. The van der Waals surface area contributed by atoms with E-state index in [1.54, 1.807) is 35.9 Å². The molecule has 0 radical (unpaired) electrons. The minimum atomic E-state index is 0.196. The topological polar surface area (TPSA) is 298 Å². The summed E-state index contributed by atoms with van der Waals surface area (Å²) in [5, 5.41) is 43.8. The Kier molecular flexibility index (Phi) is 19.0. The van der Waals surface area contributed by atoms with Crippen LogP contribution in [0, 0.1) is 20.8 Å². The minimum Gasteiger partial charge on any atom is -0.477 e. The van der Waals surface area contributed by atoms with Gasteiger partial charge in [0.15, 0.2) is 5.82 Å². The molecule has 0 aromatic carbocycles. The molecule has 12 heterocycles. The number of rotatable bonds is 21. The molecule has 12 rings (SSSR count). The quantitative estimate of drug-likeness (QED) is 0.0520. The average molecular weight is 1210 g/mol. The minimum absolute atomic E-state index is 0.196. The molecule has 0 bridgehead atoms. The number of nitrogens with one attached hydrogen (secondary N) is 4. The van der Waals surface area contributed by atoms with Gasteiger partial charge in [0, 0.05) is 50.8 Å². The number of nitrogens with zero attached hydrogens (tertiary/aromatic N) is 20. The molecule has 462 valence electrons. The molecule has 0 aliphatic heterocycles. The van der Waals surface area contributed by atoms with Crippen molar-refractivity contribution in [3.63, 3.8) is 0 Å². The van der Waals surface area contributed by atoms with Gasteiger partial charge in [-0.3, -0.25) is 23.8 Å². The summed E-state index contributed by atoms with van der Waals surface area (Å²) in [6.07, 6.45) is 9.91. The lowest BCUT2D eigenvalue weighted by Crippen LogP contribution is -2.10. The molecule has 89 heavy (non-hydrogen) atoms. The highest BCUT2D eigenvalue weighted by molar-refractivity contribution is 5.95. The van der Waals surface area contributed by atoms with E-state index in [0.29, 0.717) is 57.1 Å². The van der Waals surface area contributed by atoms with Crippen LogP contribution in [0.15, 0.2) is 92.2 Å². The fourth-order valence-corrected chi connectivity index (χ4v) is 10.1. The lowest BCUT2D eigenvalue weighted by molar-refractivity contribution is 0.328. The second-order valence-electron chi connectivity index (χ2n) is 21.6. The van der Waals surface area contributed by atoms with Crippen LogP contribution in [0.1, 0.15) is 115 Å². The van der Waals surface area contributed by atoms with Crippen LogP contribution in [0.25, 0.3) is 66.9 Å². The van der Waals surface area contributed by atoms with Crippen molar-refractivity contribution in [1.82, 2.24) is 104 Å². The molecule has 27 nitrogen and oxygen atoms in total. The molecule has 0 unspecified atom stereocenters. The first-order valence-corrected chi connectivity index (χ1v) is 29.7. The van der Waals surface area contributed by atoms with Crippen LogP contribution in [-0.4, -0.2) is 124 Å². The first-order valence-electron chi connectivity index (χ1n) is 29.7. The first kappa shape index (κ1) is 61.6. The molecular weight excluding hydrogens is 1130 g/mol. The number of pyridine rings is 6. The molecule has 0 saturated heterocycles. The largest absolute Gasteiger partial charge is 0.477 e. The van der Waals surface area contributed by atoms with Crippen molar-refractivity contribution in [2.24, 2.45) is 14.1 Å². The second-order valence-corrected chi connectivity index (χ2v) is 21.6. The molecule has 0 amide bonds. The van der Waals surface area contributed by atoms with Gasteiger partial charge in [-0.05, 0) is 138 Å². The monoisotopic (exact) mass is 1200 g/mol. The van der Waals surface area contributed by atoms with Gasteiger partial charge in [0.25, 0.3) is 0 Å². The number of aromatic amines is 1. The second kappa shape index (κ2) is 27.5. The molecule has 12 aromatic heterocycles. The highest BCUT2D eigenvalue weighted by Crippen LogP contribution is 2.38. The Bertz CT molecular complexity index is 4160. The standard InChI is InChI=1S/2C21H26N8O.C20H24N8O/c1-6-30-21-15(8-7-9-22-21)16-10-17(23-11-18-26-24-12-28(18)5)20-19(25-16)14(4)27-29(20)13(2)3;1-6-30-21-15(8-7-9-22-21)16-10-17(23-11-18-24-12-25-28(18)5)20-19(26-16)14(4)27-29(20)13(2)3;1-5-29-20-14(7-6-8-21-20)15-9-16(22-10-17-23-11-24-26-17)19-18(25-15)13(4)27-28(19)12(2)3/h7-10,12-13H,6,11H2,1-5H3,(H,23,25);7-10,12-13H,6,11H2,1-5H3,(H,23,26);6-9,11-12H,5,10H2,1-4H3,(H,22,25)(H,23,24,26). The number of anilines is 3. The van der Waals surface area contributed by atoms with Crippen molar-refractivity contribution in [2.75, 3.05) is 35.8 Å². The molecule has 27 heteroatoms. The van der Waals surface area contributed by atoms with Crippen LogP contribution in [0.2, 0.25) is 0 Å². The van der Waals surface area contributed by atoms with Gasteiger partial charge in [-0.2, -0.15) is 25.5 Å². The highest BCUT2D eigenvalue weighted by atomic mass is 16.5. The molecular formula is C62H76N24O3. The van der Waals surface area contributed by atoms with Crippen LogP contribution in [0.4, 0.5) is 17.1 Å². The lowest BCUT2D eigenvalue weighted by atomic mass is 10.1. The molecule has 0 saturated carbocycles. The van der Waals surface area contributed by atoms with Gasteiger partial charge in [-0.25, -0.2) is 39.9 Å². The van der Waals surface area contributed by atoms with Crippen molar-refractivity contribution >= 4 is 50.2 Å². The number of aromatic nitrogens is 21. The van der Waals surface area contributed by atoms with Gasteiger partial charge >= 0.3 is 0 Å². The third-order valence-corrected chi connectivity index (χ3v) is 14.3. The van der Waals surface area contributed by atoms with Gasteiger partial charge < -0.3 is 34.7 Å². The van der Waals surface area contributed by atoms with E-state index in [0.717, 1.165) is 118 Å². The fraction of sp³-hybridized carbons (Fsp3) is 0.371. The molecule has 12 aromatic rings. The highest BCUT2D eigenvalue weighted by Gasteiger charge is 2.24. The zero-order valence-corrected chi connectivity index (χ0v) is 52.8. The molecule has 0 fully saturated rings. The van der Waals surface area contributed by atoms with E-state index in [-0.39, 0.29) is 18.1 Å². The van der Waals surface area contributed by atoms with E-state index >= 15 is 0 Å². The Hall–Kier alpha value is -10.5. The molecule has 0 aliphatic carbocycles. The summed E-state index contributed by atoms with van der Waals surface area (Å²) in [5.41, 5.74) is 15.7. The number of fused-ring (bicyclic) bond motifs is 3. The summed E-state index contributed by atoms with van der Waals surface area (Å²) in [7, 11) is 3.81. The molecule has 0 atom stereocenters. The van der Waals surface area contributed by atoms with Gasteiger partial charge in [0.2, 0.25) is 17.6 Å². The van der Waals surface area contributed by atoms with Gasteiger partial charge in [0.1, 0.15) is 63.7 Å². The van der Waals surface area contributed by atoms with Crippen LogP contribution in [0.5, 0.6) is 17.6 Å². The van der Waals surface area contributed by atoms with Crippen LogP contribution < -0.4 is 30.2 Å². The first-order chi connectivity index (χ1) is 43.1. The zero-order chi connectivity index (χ0) is 62.9. The SMILES string of the molecule is CCOc1ncccc1-c1cc(NCc2ncn[nH]2)c2c(n1)c(C)nn2C(C)C.CCOc1ncccc1-c1cc(NCc2ncnn2C)c2c(n1)c(C)nn2C(C)C.CCOc1ncccc1-c1cc(NCc2nncn2C)c2c(n1)c(C)nn2C(C)C. The molecule has 0 spiro atoms. The van der Waals surface area contributed by atoms with E-state index in [1.807, 2.05) is 129 Å². The maximum absolute atomic E-state index is 5.74. The Morgan fingerprint density at radius 1 is 0.506 bits per heavy atom. The van der Waals surface area contributed by atoms with E-state index in [2.05, 4.69) is 108 Å². The third kappa shape index (κ3) is 13.4. The predicted molar refractivity (Wildman–Crippen MR) is 342 cm³/mol. The Labute approximate surface area is 515 Å². The maximum Gasteiger partial charge on any atom is 0.222 e. The van der Waals surface area contributed by atoms with Crippen LogP contribution in [-0.2, 0) is 33.7 Å². The summed E-state index contributed by atoms with van der Waals surface area (Å²) < 4.78 is 26.9. The van der Waals surface area contributed by atoms with Crippen molar-refractivity contribution in [2.45, 2.75) is 121 Å². The number of ether oxygens (including phenoxy) is 3. The third-order valence-electron chi connectivity index (χ3n) is 14.3. The van der Waals surface area contributed by atoms with Gasteiger partial charge in [-0.1, -0.05) is 0 Å². The summed E-state index contributed by atoms with van der Waals surface area (Å²) >= 11 is 0. The predicted octanol–water partition coefficient (Wildman–Crippen LogP) is 10.6. The van der Waals surface area contributed by atoms with Crippen molar-refractivity contribution in [3.05, 3.63) is 127 Å². The summed E-state index contributed by atoms with van der Waals surface area (Å²) in [6.45, 7) is 27.6. The van der Waals surface area contributed by atoms with Crippen LogP contribution >= 0.6 is 0 Å². The number of aryl methyl sites for hydroxylation is 5. The van der Waals surface area contributed by atoms with Gasteiger partial charge in [-0.15, -0.1) is 10.2 Å². The number of H-pyrrole nitrogens is 1. The number of hydrogen-bond donors (Lipinski definition) is 4. The Balaban J connectivity index is 0.000000147. The zero-order valence-electron chi connectivity index (χ0n) is 52.8. The van der Waals surface area contributed by atoms with E-state index in [4.69, 9.17) is 44.5 Å². The Morgan fingerprint density at radius 3 is 1.25 bits per heavy atom. The maximum atomic E-state index is 5.74. The van der Waals surface area contributed by atoms with E-state index < -0.39 is 0 Å². The van der Waals surface area contributed by atoms with Gasteiger partial charge in [0.05, 0.1) is 107 Å². The smallest absolute Gasteiger partial charge is 0.222 e. The normalized spacial score (nSPS) is 11.4. The Morgan fingerprint density at radius 2 is 0.910 bits per heavy atom. The molecule has 0 aliphatic rings. The average Bonchev–Trinajstić information content (AvgIpc) is 2.67.